The number of para-hydroxylation sites is 2. The average Bonchev–Trinajstić information content (AvgIpc) is 3.47. The van der Waals surface area contributed by atoms with Gasteiger partial charge in [0.05, 0.1) is 29.1 Å². The van der Waals surface area contributed by atoms with Gasteiger partial charge in [0.25, 0.3) is 0 Å². The Bertz CT molecular complexity index is 1040. The van der Waals surface area contributed by atoms with Crippen molar-refractivity contribution in [3.05, 3.63) is 65.8 Å². The van der Waals surface area contributed by atoms with Gasteiger partial charge in [-0.25, -0.2) is 0 Å². The number of nitrogens with zero attached hydrogens (tertiary/aromatic N) is 3. The molecular weight excluding hydrogens is 380 g/mol. The first-order valence-corrected chi connectivity index (χ1v) is 10.1. The lowest BCUT2D eigenvalue weighted by Gasteiger charge is -2.13. The highest BCUT2D eigenvalue weighted by atomic mass is 32.2. The van der Waals surface area contributed by atoms with Crippen molar-refractivity contribution >= 4 is 28.9 Å². The predicted octanol–water partition coefficient (Wildman–Crippen LogP) is 4.31. The fourth-order valence-corrected chi connectivity index (χ4v) is 4.20. The van der Waals surface area contributed by atoms with Gasteiger partial charge in [-0.15, -0.1) is 21.5 Å². The molecule has 0 aliphatic rings. The molecule has 0 aliphatic carbocycles. The zero-order valence-electron chi connectivity index (χ0n) is 14.5. The molecule has 0 atom stereocenters. The van der Waals surface area contributed by atoms with Gasteiger partial charge in [0.15, 0.2) is 16.8 Å². The van der Waals surface area contributed by atoms with Crippen LogP contribution in [-0.2, 0) is 0 Å². The third-order valence-corrected chi connectivity index (χ3v) is 5.73. The molecule has 27 heavy (non-hydrogen) atoms. The monoisotopic (exact) mass is 396 g/mol. The van der Waals surface area contributed by atoms with E-state index < -0.39 is 0 Å². The minimum Gasteiger partial charge on any atom is -0.495 e. The van der Waals surface area contributed by atoms with Crippen LogP contribution in [0.5, 0.6) is 5.75 Å². The highest BCUT2D eigenvalue weighted by molar-refractivity contribution is 7.99. The predicted molar refractivity (Wildman–Crippen MR) is 107 cm³/mol. The standard InChI is InChI=1S/C19H16N4O2S2/c1-25-16-8-3-2-7-14(16)23-18(17-9-5-11-26-17)21-22-19(23)27-12-15(24)13-6-4-10-20-13/h2-11,20H,12H2,1H3. The first-order chi connectivity index (χ1) is 13.3. The van der Waals surface area contributed by atoms with Gasteiger partial charge < -0.3 is 9.72 Å². The number of H-pyrrole nitrogens is 1. The number of carbonyl (C=O) groups is 1. The number of methoxy groups -OCH3 is 1. The lowest BCUT2D eigenvalue weighted by molar-refractivity contribution is 0.101. The van der Waals surface area contributed by atoms with Crippen molar-refractivity contribution in [2.24, 2.45) is 0 Å². The number of rotatable bonds is 7. The van der Waals surface area contributed by atoms with Crippen molar-refractivity contribution in [3.8, 4) is 22.1 Å². The summed E-state index contributed by atoms with van der Waals surface area (Å²) in [5, 5.41) is 11.4. The second-order valence-corrected chi connectivity index (χ2v) is 7.48. The SMILES string of the molecule is COc1ccccc1-n1c(SCC(=O)c2ccc[nH]2)nnc1-c1cccs1. The van der Waals surface area contributed by atoms with E-state index in [1.165, 1.54) is 11.8 Å². The second-order valence-electron chi connectivity index (χ2n) is 5.59. The van der Waals surface area contributed by atoms with Gasteiger partial charge in [-0.05, 0) is 35.7 Å². The molecule has 0 spiro atoms. The number of thioether (sulfide) groups is 1. The summed E-state index contributed by atoms with van der Waals surface area (Å²) in [6.45, 7) is 0. The molecule has 0 bridgehead atoms. The largest absolute Gasteiger partial charge is 0.495 e. The second kappa shape index (κ2) is 7.81. The van der Waals surface area contributed by atoms with E-state index in [-0.39, 0.29) is 11.5 Å². The molecule has 136 valence electrons. The maximum atomic E-state index is 12.4. The quantitative estimate of drug-likeness (QED) is 0.372. The van der Waals surface area contributed by atoms with Crippen LogP contribution in [0.4, 0.5) is 0 Å². The van der Waals surface area contributed by atoms with Crippen molar-refractivity contribution in [1.29, 1.82) is 0 Å². The number of aromatic nitrogens is 4. The van der Waals surface area contributed by atoms with Crippen LogP contribution >= 0.6 is 23.1 Å². The van der Waals surface area contributed by atoms with E-state index in [9.17, 15) is 4.79 Å². The summed E-state index contributed by atoms with van der Waals surface area (Å²) in [5.74, 6) is 1.72. The van der Waals surface area contributed by atoms with Crippen LogP contribution in [0.25, 0.3) is 16.4 Å². The van der Waals surface area contributed by atoms with Crippen molar-refractivity contribution in [2.45, 2.75) is 5.16 Å². The molecule has 0 amide bonds. The Morgan fingerprint density at radius 1 is 1.19 bits per heavy atom. The van der Waals surface area contributed by atoms with Gasteiger partial charge in [-0.1, -0.05) is 30.0 Å². The molecule has 3 aromatic heterocycles. The van der Waals surface area contributed by atoms with Gasteiger partial charge in [-0.3, -0.25) is 9.36 Å². The smallest absolute Gasteiger partial charge is 0.196 e. The molecule has 1 N–H and O–H groups in total. The van der Waals surface area contributed by atoms with Crippen LogP contribution in [0.3, 0.4) is 0 Å². The first kappa shape index (κ1) is 17.6. The van der Waals surface area contributed by atoms with E-state index in [2.05, 4.69) is 15.2 Å². The molecule has 0 radical (unpaired) electrons. The van der Waals surface area contributed by atoms with E-state index in [4.69, 9.17) is 4.74 Å². The Balaban J connectivity index is 1.73. The highest BCUT2D eigenvalue weighted by Gasteiger charge is 2.20. The van der Waals surface area contributed by atoms with Crippen LogP contribution in [0.1, 0.15) is 10.5 Å². The highest BCUT2D eigenvalue weighted by Crippen LogP contribution is 2.34. The molecule has 6 nitrogen and oxygen atoms in total. The molecule has 8 heteroatoms. The Hall–Kier alpha value is -2.84. The topological polar surface area (TPSA) is 72.8 Å². The molecule has 1 aromatic carbocycles. The third-order valence-electron chi connectivity index (χ3n) is 3.93. The van der Waals surface area contributed by atoms with Gasteiger partial charge in [0.2, 0.25) is 0 Å². The Kier molecular flexibility index (Phi) is 5.08. The molecule has 0 saturated carbocycles. The minimum absolute atomic E-state index is 0.0113. The van der Waals surface area contributed by atoms with Gasteiger partial charge in [-0.2, -0.15) is 0 Å². The number of ketones is 1. The number of benzene rings is 1. The minimum atomic E-state index is 0.0113. The average molecular weight is 396 g/mol. The van der Waals surface area contributed by atoms with Gasteiger partial charge in [0, 0.05) is 6.20 Å². The lowest BCUT2D eigenvalue weighted by Crippen LogP contribution is -2.06. The summed E-state index contributed by atoms with van der Waals surface area (Å²) in [6, 6.07) is 15.3. The van der Waals surface area contributed by atoms with Crippen LogP contribution in [0, 0.1) is 0 Å². The van der Waals surface area contributed by atoms with Gasteiger partial charge >= 0.3 is 0 Å². The summed E-state index contributed by atoms with van der Waals surface area (Å²) >= 11 is 2.94. The maximum absolute atomic E-state index is 12.4. The van der Waals surface area contributed by atoms with Crippen molar-refractivity contribution in [1.82, 2.24) is 19.7 Å². The number of carbonyl (C=O) groups excluding carboxylic acids is 1. The Morgan fingerprint density at radius 3 is 2.81 bits per heavy atom. The summed E-state index contributed by atoms with van der Waals surface area (Å²) in [6.07, 6.45) is 1.74. The van der Waals surface area contributed by atoms with Crippen LogP contribution in [0.15, 0.2) is 65.3 Å². The first-order valence-electron chi connectivity index (χ1n) is 8.20. The van der Waals surface area contributed by atoms with E-state index in [0.29, 0.717) is 16.6 Å². The number of Topliss-reactive ketones (excluding diaryl/α,β-unsaturated/α-hetero) is 1. The molecule has 3 heterocycles. The molecule has 0 unspecified atom stereocenters. The zero-order chi connectivity index (χ0) is 18.6. The normalized spacial score (nSPS) is 10.9. The summed E-state index contributed by atoms with van der Waals surface area (Å²) in [5.41, 5.74) is 1.42. The van der Waals surface area contributed by atoms with Crippen molar-refractivity contribution in [2.75, 3.05) is 12.9 Å². The molecule has 4 aromatic rings. The van der Waals surface area contributed by atoms with Crippen LogP contribution in [-0.4, -0.2) is 38.4 Å². The van der Waals surface area contributed by atoms with Gasteiger partial charge in [0.1, 0.15) is 5.75 Å². The number of aromatic amines is 1. The Morgan fingerprint density at radius 2 is 2.07 bits per heavy atom. The fraction of sp³-hybridized carbons (Fsp3) is 0.105. The lowest BCUT2D eigenvalue weighted by atomic mass is 10.3. The van der Waals surface area contributed by atoms with E-state index >= 15 is 0 Å². The molecule has 0 saturated heterocycles. The van der Waals surface area contributed by atoms with Crippen LogP contribution in [0.2, 0.25) is 0 Å². The number of hydrogen-bond acceptors (Lipinski definition) is 6. The van der Waals surface area contributed by atoms with Crippen molar-refractivity contribution < 1.29 is 9.53 Å². The zero-order valence-corrected chi connectivity index (χ0v) is 16.1. The molecular formula is C19H16N4O2S2. The summed E-state index contributed by atoms with van der Waals surface area (Å²) in [7, 11) is 1.63. The maximum Gasteiger partial charge on any atom is 0.196 e. The van der Waals surface area contributed by atoms with E-state index in [1.807, 2.05) is 52.4 Å². The van der Waals surface area contributed by atoms with E-state index in [0.717, 1.165) is 16.4 Å². The van der Waals surface area contributed by atoms with Crippen molar-refractivity contribution in [3.63, 3.8) is 0 Å². The molecule has 0 aliphatic heterocycles. The molecule has 0 fully saturated rings. The number of nitrogens with one attached hydrogen (secondary N) is 1. The van der Waals surface area contributed by atoms with E-state index in [1.54, 1.807) is 30.7 Å². The Labute approximate surface area is 164 Å². The van der Waals surface area contributed by atoms with Crippen LogP contribution < -0.4 is 4.74 Å². The summed E-state index contributed by atoms with van der Waals surface area (Å²) < 4.78 is 7.47. The molecule has 4 rings (SSSR count). The third kappa shape index (κ3) is 3.54. The number of ether oxygens (including phenoxy) is 1. The fourth-order valence-electron chi connectivity index (χ4n) is 2.67. The summed E-state index contributed by atoms with van der Waals surface area (Å²) in [4.78, 5) is 16.3. The number of thiophene rings is 1. The number of hydrogen-bond donors (Lipinski definition) is 1.